The summed E-state index contributed by atoms with van der Waals surface area (Å²) in [6, 6.07) is 0. The molecule has 0 rings (SSSR count). The van der Waals surface area contributed by atoms with E-state index in [-0.39, 0.29) is 25.0 Å². The van der Waals surface area contributed by atoms with Crippen LogP contribution in [0.5, 0.6) is 0 Å². The van der Waals surface area contributed by atoms with Gasteiger partial charge in [0.05, 0.1) is 19.8 Å². The molecule has 21 heteroatoms. The molecule has 0 radical (unpaired) electrons. The van der Waals surface area contributed by atoms with Gasteiger partial charge in [-0.1, -0.05) is 66.2 Å². The maximum atomic E-state index is 11.3. The fourth-order valence-electron chi connectivity index (χ4n) is 3.72. The molecule has 0 aliphatic rings. The molecule has 0 spiro atoms. The Labute approximate surface area is 371 Å². The zero-order valence-corrected chi connectivity index (χ0v) is 42.3. The first-order chi connectivity index (χ1) is 28.9. The maximum absolute atomic E-state index is 11.3. The SMILES string of the molecule is CC.CC.CC(=O)O.COP(C)(=O)OCCCCCCNC(C)=O.[C-]#[N+]CCOP(=C)(OC)OCCCCCCN.[C-]#[N+]CCOP(=C)(OC)OCCCCCCNC(C)=O. The van der Waals surface area contributed by atoms with Crippen LogP contribution in [0.3, 0.4) is 0 Å². The quantitative estimate of drug-likeness (QED) is 0.0281. The lowest BCUT2D eigenvalue weighted by Crippen LogP contribution is -2.20. The largest absolute Gasteiger partial charge is 0.481 e. The third kappa shape index (κ3) is 67.1. The van der Waals surface area contributed by atoms with Crippen LogP contribution in [-0.2, 0) is 55.1 Å². The second kappa shape index (κ2) is 54.0. The summed E-state index contributed by atoms with van der Waals surface area (Å²) in [5.41, 5.74) is 5.40. The standard InChI is InChI=1S/C13H25N2O4P.C11H23N2O3P.C10H22NO4P.C2H4O2.2C2H6/c1-13(16)15-9-7-5-6-8-11-18-20(4,17-3)19-12-10-14-2;1-13-9-11-16-17(3,14-2)15-10-7-5-4-6-8-12;1-10(12)11-8-6-4-5-7-9-15-16(3,13)14-2;1-2(3)4;2*1-2/h4-12H2,1,3H3,(H,15,16);3-12H2,2H3;4-9H2,1-3H3,(H,11,12);1H3,(H,3,4);2*1-2H3. The highest BCUT2D eigenvalue weighted by atomic mass is 31.2. The number of hydrogen-bond donors (Lipinski definition) is 4. The molecule has 0 saturated carbocycles. The molecular weight excluding hydrogens is 851 g/mol. The Morgan fingerprint density at radius 2 is 0.869 bits per heavy atom. The van der Waals surface area contributed by atoms with Crippen LogP contribution in [0.1, 0.15) is 126 Å². The second-order valence-corrected chi connectivity index (χ2v) is 18.4. The van der Waals surface area contributed by atoms with E-state index in [1.807, 2.05) is 27.7 Å². The molecular formula is C40H86N5O13P3. The number of nitrogens with zero attached hydrogens (tertiary/aromatic N) is 2. The number of hydrogen-bond acceptors (Lipinski definition) is 13. The summed E-state index contributed by atoms with van der Waals surface area (Å²) in [5, 5.41) is 12.9. The average Bonchev–Trinajstić information content (AvgIpc) is 3.23. The van der Waals surface area contributed by atoms with Gasteiger partial charge in [0.1, 0.15) is 13.2 Å². The number of rotatable bonds is 32. The van der Waals surface area contributed by atoms with Crippen molar-refractivity contribution in [1.29, 1.82) is 0 Å². The highest BCUT2D eigenvalue weighted by Gasteiger charge is 2.16. The Balaban J connectivity index is -0.000000171. The van der Waals surface area contributed by atoms with E-state index in [1.54, 1.807) is 0 Å². The molecule has 0 fully saturated rings. The molecule has 0 aliphatic heterocycles. The Morgan fingerprint density at radius 1 is 0.574 bits per heavy atom. The smallest absolute Gasteiger partial charge is 0.327 e. The highest BCUT2D eigenvalue weighted by Crippen LogP contribution is 2.48. The highest BCUT2D eigenvalue weighted by molar-refractivity contribution is 7.59. The lowest BCUT2D eigenvalue weighted by atomic mass is 10.2. The van der Waals surface area contributed by atoms with E-state index in [2.05, 4.69) is 32.9 Å². The normalized spacial score (nSPS) is 12.8. The molecule has 0 aliphatic carbocycles. The third-order valence-corrected chi connectivity index (χ3v) is 11.5. The third-order valence-electron chi connectivity index (χ3n) is 6.76. The van der Waals surface area contributed by atoms with Gasteiger partial charge in [-0.05, 0) is 57.7 Å². The minimum atomic E-state index is -2.80. The van der Waals surface area contributed by atoms with Crippen LogP contribution in [0.4, 0.5) is 0 Å². The van der Waals surface area contributed by atoms with Crippen LogP contribution < -0.4 is 16.4 Å². The number of carboxylic acids is 1. The zero-order chi connectivity index (χ0) is 48.3. The van der Waals surface area contributed by atoms with Crippen molar-refractivity contribution >= 4 is 53.1 Å². The van der Waals surface area contributed by atoms with Crippen molar-refractivity contribution < 1.29 is 60.2 Å². The number of nitrogens with one attached hydrogen (secondary N) is 2. The van der Waals surface area contributed by atoms with E-state index in [4.69, 9.17) is 65.0 Å². The van der Waals surface area contributed by atoms with Crippen LogP contribution in [0.25, 0.3) is 9.69 Å². The molecule has 3 atom stereocenters. The molecule has 18 nitrogen and oxygen atoms in total. The van der Waals surface area contributed by atoms with E-state index < -0.39 is 28.7 Å². The topological polar surface area (TPSA) is 221 Å². The monoisotopic (exact) mass is 938 g/mol. The predicted octanol–water partition coefficient (Wildman–Crippen LogP) is 9.09. The van der Waals surface area contributed by atoms with Crippen molar-refractivity contribution in [2.45, 2.75) is 126 Å². The molecule has 0 heterocycles. The van der Waals surface area contributed by atoms with E-state index in [1.165, 1.54) is 41.8 Å². The average molecular weight is 938 g/mol. The Morgan fingerprint density at radius 3 is 1.15 bits per heavy atom. The van der Waals surface area contributed by atoms with Gasteiger partial charge < -0.3 is 67.4 Å². The number of carbonyl (C=O) groups is 3. The van der Waals surface area contributed by atoms with Crippen LogP contribution in [0.15, 0.2) is 0 Å². The van der Waals surface area contributed by atoms with Gasteiger partial charge in [-0.2, -0.15) is 0 Å². The van der Waals surface area contributed by atoms with Crippen molar-refractivity contribution in [3.63, 3.8) is 0 Å². The van der Waals surface area contributed by atoms with Gasteiger partial charge in [0.15, 0.2) is 0 Å². The van der Waals surface area contributed by atoms with E-state index in [9.17, 15) is 14.2 Å². The van der Waals surface area contributed by atoms with Crippen molar-refractivity contribution in [2.75, 3.05) is 93.8 Å². The molecule has 0 bridgehead atoms. The first-order valence-corrected chi connectivity index (χ1v) is 26.4. The van der Waals surface area contributed by atoms with Crippen molar-refractivity contribution in [1.82, 2.24) is 10.6 Å². The van der Waals surface area contributed by atoms with Crippen molar-refractivity contribution in [3.8, 4) is 0 Å². The molecule has 364 valence electrons. The minimum Gasteiger partial charge on any atom is -0.481 e. The van der Waals surface area contributed by atoms with E-state index in [0.29, 0.717) is 33.0 Å². The number of carbonyl (C=O) groups excluding carboxylic acids is 2. The van der Waals surface area contributed by atoms with Crippen LogP contribution in [0.2, 0.25) is 0 Å². The summed E-state index contributed by atoms with van der Waals surface area (Å²) in [6.45, 7) is 31.8. The van der Waals surface area contributed by atoms with Gasteiger partial charge in [0.25, 0.3) is 21.1 Å². The number of carboxylic acid groups (broad SMARTS) is 1. The fourth-order valence-corrected chi connectivity index (χ4v) is 6.39. The summed E-state index contributed by atoms with van der Waals surface area (Å²) < 4.78 is 53.2. The molecule has 2 amide bonds. The zero-order valence-electron chi connectivity index (χ0n) is 39.6. The van der Waals surface area contributed by atoms with Gasteiger partial charge in [0.2, 0.25) is 24.9 Å². The van der Waals surface area contributed by atoms with Gasteiger partial charge in [-0.15, -0.1) is 0 Å². The molecule has 0 aromatic heterocycles. The van der Waals surface area contributed by atoms with Gasteiger partial charge in [-0.3, -0.25) is 18.9 Å². The van der Waals surface area contributed by atoms with Crippen LogP contribution in [0, 0.1) is 13.1 Å². The first-order valence-electron chi connectivity index (χ1n) is 20.9. The van der Waals surface area contributed by atoms with Crippen LogP contribution in [-0.4, -0.2) is 129 Å². The maximum Gasteiger partial charge on any atom is 0.327 e. The lowest BCUT2D eigenvalue weighted by molar-refractivity contribution is -0.134. The molecule has 0 aromatic rings. The Hall–Kier alpha value is -2.14. The Bertz CT molecular complexity index is 1230. The fraction of sp³-hybridized carbons (Fsp3) is 0.825. The molecule has 3 unspecified atom stereocenters. The first kappa shape index (κ1) is 70.5. The predicted molar refractivity (Wildman–Crippen MR) is 253 cm³/mol. The number of amides is 2. The van der Waals surface area contributed by atoms with Crippen molar-refractivity contribution in [2.24, 2.45) is 5.73 Å². The minimum absolute atomic E-state index is 0.00958. The lowest BCUT2D eigenvalue weighted by Gasteiger charge is -2.21. The summed E-state index contributed by atoms with van der Waals surface area (Å²) in [7, 11) is -3.35. The van der Waals surface area contributed by atoms with Gasteiger partial charge in [0, 0.05) is 61.9 Å². The number of aliphatic carboxylic acids is 1. The summed E-state index contributed by atoms with van der Waals surface area (Å²) in [6.07, 6.45) is 19.6. The number of nitrogens with two attached hydrogens (primary N) is 1. The second-order valence-electron chi connectivity index (χ2n) is 12.0. The number of unbranched alkanes of at least 4 members (excludes halogenated alkanes) is 9. The Kier molecular flexibility index (Phi) is 62.4. The molecule has 61 heavy (non-hydrogen) atoms. The molecule has 0 aromatic carbocycles. The molecule has 0 saturated heterocycles. The van der Waals surface area contributed by atoms with Crippen molar-refractivity contribution in [3.05, 3.63) is 22.8 Å². The molecule has 5 N–H and O–H groups in total. The van der Waals surface area contributed by atoms with E-state index in [0.717, 1.165) is 104 Å². The van der Waals surface area contributed by atoms with Gasteiger partial charge >= 0.3 is 7.60 Å². The summed E-state index contributed by atoms with van der Waals surface area (Å²) in [4.78, 5) is 36.6. The van der Waals surface area contributed by atoms with Crippen LogP contribution >= 0.6 is 22.7 Å². The van der Waals surface area contributed by atoms with Gasteiger partial charge in [-0.25, -0.2) is 13.1 Å². The van der Waals surface area contributed by atoms with E-state index >= 15 is 0 Å². The summed E-state index contributed by atoms with van der Waals surface area (Å²) in [5.74, 6) is -0.813. The summed E-state index contributed by atoms with van der Waals surface area (Å²) >= 11 is 0.